The molecule has 1 N–H and O–H groups in total. The van der Waals surface area contributed by atoms with Crippen LogP contribution in [0.15, 0.2) is 12.1 Å². The summed E-state index contributed by atoms with van der Waals surface area (Å²) in [7, 11) is 0. The van der Waals surface area contributed by atoms with Crippen molar-refractivity contribution in [3.63, 3.8) is 0 Å². The van der Waals surface area contributed by atoms with E-state index in [1.165, 1.54) is 0 Å². The van der Waals surface area contributed by atoms with Crippen molar-refractivity contribution in [3.8, 4) is 10.6 Å². The molecule has 7 heteroatoms. The second-order valence-electron chi connectivity index (χ2n) is 3.70. The maximum absolute atomic E-state index is 13.6. The van der Waals surface area contributed by atoms with E-state index in [4.69, 9.17) is 5.11 Å². The highest BCUT2D eigenvalue weighted by atomic mass is 32.1. The molecule has 0 atom stereocenters. The maximum Gasteiger partial charge on any atom is 0.347 e. The summed E-state index contributed by atoms with van der Waals surface area (Å²) in [6.07, 6.45) is 0.322. The van der Waals surface area contributed by atoms with Gasteiger partial charge in [-0.05, 0) is 6.42 Å². The minimum absolute atomic E-state index is 0.0689. The minimum atomic E-state index is -1.21. The van der Waals surface area contributed by atoms with Crippen LogP contribution >= 0.6 is 11.3 Å². The van der Waals surface area contributed by atoms with Crippen LogP contribution in [-0.4, -0.2) is 16.1 Å². The summed E-state index contributed by atoms with van der Waals surface area (Å²) in [6, 6.07) is 1.07. The molecule has 2 rings (SSSR count). The first-order valence-electron chi connectivity index (χ1n) is 5.32. The van der Waals surface area contributed by atoms with Gasteiger partial charge in [-0.25, -0.2) is 22.9 Å². The van der Waals surface area contributed by atoms with E-state index in [1.807, 2.05) is 0 Å². The highest BCUT2D eigenvalue weighted by Crippen LogP contribution is 2.32. The number of carboxylic acids is 1. The summed E-state index contributed by atoms with van der Waals surface area (Å²) < 4.78 is 40.0. The van der Waals surface area contributed by atoms with Crippen LogP contribution in [0.3, 0.4) is 0 Å². The van der Waals surface area contributed by atoms with Gasteiger partial charge in [0.25, 0.3) is 0 Å². The average Bonchev–Trinajstić information content (AvgIpc) is 2.71. The molecule has 0 amide bonds. The summed E-state index contributed by atoms with van der Waals surface area (Å²) >= 11 is 0.666. The molecule has 0 bridgehead atoms. The zero-order valence-corrected chi connectivity index (χ0v) is 10.5. The van der Waals surface area contributed by atoms with Gasteiger partial charge in [0.2, 0.25) is 0 Å². The van der Waals surface area contributed by atoms with Crippen molar-refractivity contribution in [3.05, 3.63) is 40.2 Å². The number of hydrogen-bond acceptors (Lipinski definition) is 3. The number of aromatic nitrogens is 1. The molecule has 0 fully saturated rings. The number of aromatic carboxylic acids is 1. The highest BCUT2D eigenvalue weighted by Gasteiger charge is 2.22. The summed E-state index contributed by atoms with van der Waals surface area (Å²) in [4.78, 5) is 14.8. The van der Waals surface area contributed by atoms with Crippen LogP contribution in [0.4, 0.5) is 13.2 Å². The van der Waals surface area contributed by atoms with Crippen molar-refractivity contribution in [1.82, 2.24) is 4.98 Å². The first-order valence-corrected chi connectivity index (χ1v) is 6.13. The molecule has 0 aliphatic rings. The molecule has 1 heterocycles. The fraction of sp³-hybridized carbons (Fsp3) is 0.167. The topological polar surface area (TPSA) is 50.2 Å². The van der Waals surface area contributed by atoms with E-state index in [2.05, 4.69) is 4.98 Å². The number of carboxylic acid groups (broad SMARTS) is 1. The van der Waals surface area contributed by atoms with Crippen molar-refractivity contribution >= 4 is 17.3 Å². The molecular formula is C12H8F3NO2S. The maximum atomic E-state index is 13.6. The Labute approximate surface area is 110 Å². The molecule has 19 heavy (non-hydrogen) atoms. The van der Waals surface area contributed by atoms with E-state index >= 15 is 0 Å². The van der Waals surface area contributed by atoms with Crippen molar-refractivity contribution < 1.29 is 23.1 Å². The Morgan fingerprint density at radius 3 is 2.32 bits per heavy atom. The van der Waals surface area contributed by atoms with Gasteiger partial charge < -0.3 is 5.11 Å². The lowest BCUT2D eigenvalue weighted by Gasteiger charge is -2.01. The van der Waals surface area contributed by atoms with Crippen molar-refractivity contribution in [2.24, 2.45) is 0 Å². The predicted octanol–water partition coefficient (Wildman–Crippen LogP) is 3.49. The van der Waals surface area contributed by atoms with Gasteiger partial charge in [0.1, 0.15) is 27.3 Å². The highest BCUT2D eigenvalue weighted by molar-refractivity contribution is 7.17. The Morgan fingerprint density at radius 2 is 1.89 bits per heavy atom. The molecule has 0 saturated carbocycles. The van der Waals surface area contributed by atoms with Crippen LogP contribution < -0.4 is 0 Å². The fourth-order valence-electron chi connectivity index (χ4n) is 1.61. The number of benzene rings is 1. The number of aryl methyl sites for hydroxylation is 1. The number of halogens is 3. The quantitative estimate of drug-likeness (QED) is 0.940. The van der Waals surface area contributed by atoms with Gasteiger partial charge in [0, 0.05) is 12.1 Å². The molecular weight excluding hydrogens is 279 g/mol. The molecule has 2 aromatic rings. The second kappa shape index (κ2) is 5.00. The molecule has 1 aromatic heterocycles. The monoisotopic (exact) mass is 287 g/mol. The number of nitrogens with zero attached hydrogens (tertiary/aromatic N) is 1. The van der Waals surface area contributed by atoms with Crippen molar-refractivity contribution in [2.45, 2.75) is 13.3 Å². The largest absolute Gasteiger partial charge is 0.477 e. The van der Waals surface area contributed by atoms with Gasteiger partial charge >= 0.3 is 5.97 Å². The Morgan fingerprint density at radius 1 is 1.32 bits per heavy atom. The molecule has 100 valence electrons. The van der Waals surface area contributed by atoms with Crippen LogP contribution in [0.25, 0.3) is 10.6 Å². The normalized spacial score (nSPS) is 10.7. The molecule has 0 radical (unpaired) electrons. The van der Waals surface area contributed by atoms with Crippen LogP contribution in [0.2, 0.25) is 0 Å². The van der Waals surface area contributed by atoms with Crippen molar-refractivity contribution in [1.29, 1.82) is 0 Å². The fourth-order valence-corrected chi connectivity index (χ4v) is 2.65. The molecule has 1 aromatic carbocycles. The SMILES string of the molecule is CCc1nc(-c2c(F)cc(F)cc2F)sc1C(=O)O. The van der Waals surface area contributed by atoms with Gasteiger partial charge in [0.05, 0.1) is 11.3 Å². The smallest absolute Gasteiger partial charge is 0.347 e. The lowest BCUT2D eigenvalue weighted by Crippen LogP contribution is -1.97. The van der Waals surface area contributed by atoms with E-state index in [9.17, 15) is 18.0 Å². The number of thiazole rings is 1. The first kappa shape index (κ1) is 13.5. The van der Waals surface area contributed by atoms with Crippen LogP contribution in [-0.2, 0) is 6.42 Å². The first-order chi connectivity index (χ1) is 8.93. The van der Waals surface area contributed by atoms with Crippen LogP contribution in [0, 0.1) is 17.5 Å². The molecule has 0 spiro atoms. The van der Waals surface area contributed by atoms with E-state index in [0.717, 1.165) is 0 Å². The lowest BCUT2D eigenvalue weighted by atomic mass is 10.2. The van der Waals surface area contributed by atoms with Gasteiger partial charge in [-0.15, -0.1) is 11.3 Å². The average molecular weight is 287 g/mol. The zero-order valence-electron chi connectivity index (χ0n) is 9.71. The molecule has 0 saturated heterocycles. The predicted molar refractivity (Wildman–Crippen MR) is 63.8 cm³/mol. The van der Waals surface area contributed by atoms with Gasteiger partial charge in [-0.3, -0.25) is 0 Å². The third-order valence-electron chi connectivity index (χ3n) is 2.45. The summed E-state index contributed by atoms with van der Waals surface area (Å²) in [5.74, 6) is -4.45. The van der Waals surface area contributed by atoms with Crippen molar-refractivity contribution in [2.75, 3.05) is 0 Å². The second-order valence-corrected chi connectivity index (χ2v) is 4.70. The van der Waals surface area contributed by atoms with E-state index in [0.29, 0.717) is 29.9 Å². The van der Waals surface area contributed by atoms with Gasteiger partial charge in [0.15, 0.2) is 0 Å². The number of hydrogen-bond donors (Lipinski definition) is 1. The van der Waals surface area contributed by atoms with Gasteiger partial charge in [-0.1, -0.05) is 6.92 Å². The lowest BCUT2D eigenvalue weighted by molar-refractivity contribution is 0.0701. The molecule has 3 nitrogen and oxygen atoms in total. The van der Waals surface area contributed by atoms with Gasteiger partial charge in [-0.2, -0.15) is 0 Å². The summed E-state index contributed by atoms with van der Waals surface area (Å²) in [5, 5.41) is 8.86. The zero-order chi connectivity index (χ0) is 14.2. The third-order valence-corrected chi connectivity index (χ3v) is 3.55. The minimum Gasteiger partial charge on any atom is -0.477 e. The Kier molecular flexibility index (Phi) is 3.57. The molecule has 0 unspecified atom stereocenters. The molecule has 0 aliphatic heterocycles. The van der Waals surface area contributed by atoms with E-state index in [1.54, 1.807) is 6.92 Å². The summed E-state index contributed by atoms with van der Waals surface area (Å²) in [6.45, 7) is 1.68. The summed E-state index contributed by atoms with van der Waals surface area (Å²) in [5.41, 5.74) is -0.260. The van der Waals surface area contributed by atoms with Crippen LogP contribution in [0.1, 0.15) is 22.3 Å². The number of rotatable bonds is 3. The Hall–Kier alpha value is -1.89. The molecule has 0 aliphatic carbocycles. The third kappa shape index (κ3) is 2.46. The van der Waals surface area contributed by atoms with E-state index < -0.39 is 29.0 Å². The van der Waals surface area contributed by atoms with Crippen LogP contribution in [0.5, 0.6) is 0 Å². The Balaban J connectivity index is 2.63. The van der Waals surface area contributed by atoms with E-state index in [-0.39, 0.29) is 15.6 Å². The number of carbonyl (C=O) groups is 1. The Bertz CT molecular complexity index is 631. The standard InChI is InChI=1S/C12H8F3NO2S/c1-2-8-10(12(17)18)19-11(16-8)9-6(14)3-5(13)4-7(9)15/h3-4H,2H2,1H3,(H,17,18).